The molecule has 1 rings (SSSR count). The van der Waals surface area contributed by atoms with Crippen molar-refractivity contribution in [1.29, 1.82) is 0 Å². The molecule has 9 N–H and O–H groups in total. The molecule has 0 radical (unpaired) electrons. The van der Waals surface area contributed by atoms with E-state index >= 15 is 0 Å². The van der Waals surface area contributed by atoms with Gasteiger partial charge in [-0.1, -0.05) is 0 Å². The van der Waals surface area contributed by atoms with Gasteiger partial charge < -0.3 is 42.0 Å². The molecule has 5 unspecified atom stereocenters. The van der Waals surface area contributed by atoms with Gasteiger partial charge >= 0.3 is 11.9 Å². The zero-order valence-electron chi connectivity index (χ0n) is 19.4. The van der Waals surface area contributed by atoms with Crippen LogP contribution in [-0.2, 0) is 30.4 Å². The van der Waals surface area contributed by atoms with E-state index < -0.39 is 59.9 Å². The minimum Gasteiger partial charge on any atom is -0.481 e. The van der Waals surface area contributed by atoms with Crippen LogP contribution in [-0.4, -0.2) is 97.2 Å². The highest BCUT2D eigenvalue weighted by atomic mass is 32.2. The lowest BCUT2D eigenvalue weighted by atomic mass is 10.1. The van der Waals surface area contributed by atoms with Crippen LogP contribution in [0, 0.1) is 0 Å². The van der Waals surface area contributed by atoms with Crippen LogP contribution in [0.4, 0.5) is 0 Å². The van der Waals surface area contributed by atoms with Crippen molar-refractivity contribution < 1.29 is 39.3 Å². The van der Waals surface area contributed by atoms with Crippen LogP contribution >= 0.6 is 11.8 Å². The third-order valence-corrected chi connectivity index (χ3v) is 5.55. The molecule has 15 heteroatoms. The summed E-state index contributed by atoms with van der Waals surface area (Å²) in [6, 6.07) is -5.11. The van der Waals surface area contributed by atoms with E-state index in [2.05, 4.69) is 25.9 Å². The number of thioether (sulfide) groups is 1. The summed E-state index contributed by atoms with van der Waals surface area (Å²) in [5, 5.41) is 34.9. The Labute approximate surface area is 205 Å². The van der Waals surface area contributed by atoms with E-state index in [0.29, 0.717) is 11.4 Å². The van der Waals surface area contributed by atoms with Gasteiger partial charge in [-0.05, 0) is 31.8 Å². The number of hydrogen-bond donors (Lipinski definition) is 8. The molecule has 1 aromatic heterocycles. The molecule has 1 heterocycles. The number of amides is 3. The van der Waals surface area contributed by atoms with Crippen molar-refractivity contribution in [2.75, 3.05) is 12.0 Å². The topological polar surface area (TPSA) is 237 Å². The number of aliphatic hydroxyl groups is 1. The van der Waals surface area contributed by atoms with E-state index in [1.165, 1.54) is 31.2 Å². The molecule has 0 aliphatic heterocycles. The predicted octanol–water partition coefficient (Wildman–Crippen LogP) is -2.18. The minimum absolute atomic E-state index is 0.0783. The Morgan fingerprint density at radius 1 is 1.06 bits per heavy atom. The molecule has 35 heavy (non-hydrogen) atoms. The highest BCUT2D eigenvalue weighted by molar-refractivity contribution is 7.98. The van der Waals surface area contributed by atoms with Gasteiger partial charge in [0.15, 0.2) is 6.04 Å². The number of nitrogens with one attached hydrogen (secondary N) is 4. The third-order valence-electron chi connectivity index (χ3n) is 4.91. The zero-order chi connectivity index (χ0) is 26.5. The van der Waals surface area contributed by atoms with Crippen LogP contribution in [0.25, 0.3) is 0 Å². The van der Waals surface area contributed by atoms with Gasteiger partial charge in [0.25, 0.3) is 0 Å². The van der Waals surface area contributed by atoms with E-state index in [0.717, 1.165) is 0 Å². The lowest BCUT2D eigenvalue weighted by Crippen LogP contribution is -2.58. The molecule has 0 fully saturated rings. The van der Waals surface area contributed by atoms with Crippen LogP contribution in [0.3, 0.4) is 0 Å². The number of H-pyrrole nitrogens is 1. The Balaban J connectivity index is 3.01. The molecule has 196 valence electrons. The molecule has 0 spiro atoms. The standard InChI is InChI=1S/C20H32N6O8S/c1-10(27)16(20(33)34)26-19(32)14(7-11-8-22-9-23-11)25-18(31)13(5-6-35-2)24-17(30)12(21)3-4-15(28)29/h8-10,12-14,16,27H,3-7,21H2,1-2H3,(H,22,23)(H,24,30)(H,25,31)(H,26,32)(H,28,29)(H,33,34). The van der Waals surface area contributed by atoms with Gasteiger partial charge in [0.05, 0.1) is 18.5 Å². The maximum absolute atomic E-state index is 13.0. The molecule has 0 saturated heterocycles. The number of rotatable bonds is 16. The van der Waals surface area contributed by atoms with E-state index in [-0.39, 0.29) is 25.7 Å². The number of carbonyl (C=O) groups excluding carboxylic acids is 3. The van der Waals surface area contributed by atoms with Crippen molar-refractivity contribution >= 4 is 41.4 Å². The summed E-state index contributed by atoms with van der Waals surface area (Å²) in [6.45, 7) is 1.20. The van der Waals surface area contributed by atoms with Crippen LogP contribution in [0.2, 0.25) is 0 Å². The molecule has 1 aromatic rings. The summed E-state index contributed by atoms with van der Waals surface area (Å²) in [5.41, 5.74) is 6.19. The quantitative estimate of drug-likeness (QED) is 0.117. The monoisotopic (exact) mass is 516 g/mol. The molecule has 0 aromatic carbocycles. The van der Waals surface area contributed by atoms with Gasteiger partial charge in [-0.3, -0.25) is 19.2 Å². The molecule has 5 atom stereocenters. The van der Waals surface area contributed by atoms with Gasteiger partial charge in [-0.2, -0.15) is 11.8 Å². The number of carbonyl (C=O) groups is 5. The van der Waals surface area contributed by atoms with Crippen molar-refractivity contribution in [3.05, 3.63) is 18.2 Å². The van der Waals surface area contributed by atoms with Gasteiger partial charge in [0.1, 0.15) is 12.1 Å². The van der Waals surface area contributed by atoms with Crippen molar-refractivity contribution in [3.8, 4) is 0 Å². The maximum Gasteiger partial charge on any atom is 0.328 e. The van der Waals surface area contributed by atoms with E-state index in [9.17, 15) is 34.2 Å². The number of carboxylic acid groups (broad SMARTS) is 2. The number of imidazole rings is 1. The molecular formula is C20H32N6O8S. The lowest BCUT2D eigenvalue weighted by Gasteiger charge is -2.25. The lowest BCUT2D eigenvalue weighted by molar-refractivity contribution is -0.145. The molecule has 3 amide bonds. The van der Waals surface area contributed by atoms with Crippen molar-refractivity contribution in [1.82, 2.24) is 25.9 Å². The summed E-state index contributed by atoms with van der Waals surface area (Å²) in [6.07, 6.45) is 2.84. The van der Waals surface area contributed by atoms with Gasteiger partial charge in [0.2, 0.25) is 17.7 Å². The molecule has 0 bridgehead atoms. The van der Waals surface area contributed by atoms with Crippen LogP contribution in [0.15, 0.2) is 12.5 Å². The Morgan fingerprint density at radius 3 is 2.20 bits per heavy atom. The average molecular weight is 517 g/mol. The third kappa shape index (κ3) is 10.7. The van der Waals surface area contributed by atoms with E-state index in [1.54, 1.807) is 6.26 Å². The zero-order valence-corrected chi connectivity index (χ0v) is 20.2. The molecule has 0 saturated carbocycles. The predicted molar refractivity (Wildman–Crippen MR) is 125 cm³/mol. The maximum atomic E-state index is 13.0. The second-order valence-corrected chi connectivity index (χ2v) is 8.77. The minimum atomic E-state index is -1.61. The number of aliphatic carboxylic acids is 2. The largest absolute Gasteiger partial charge is 0.481 e. The molecule has 0 aliphatic carbocycles. The SMILES string of the molecule is CSCCC(NC(=O)C(N)CCC(=O)O)C(=O)NC(Cc1cnc[nH]1)C(=O)NC(C(=O)O)C(C)O. The number of aromatic amines is 1. The number of aromatic nitrogens is 2. The van der Waals surface area contributed by atoms with E-state index in [1.807, 2.05) is 0 Å². The highest BCUT2D eigenvalue weighted by Crippen LogP contribution is 2.06. The fourth-order valence-corrected chi connectivity index (χ4v) is 3.41. The Kier molecular flexibility index (Phi) is 12.8. The second kappa shape index (κ2) is 15.0. The smallest absolute Gasteiger partial charge is 0.328 e. The summed E-state index contributed by atoms with van der Waals surface area (Å²) in [7, 11) is 0. The van der Waals surface area contributed by atoms with Gasteiger partial charge in [-0.25, -0.2) is 9.78 Å². The molecular weight excluding hydrogens is 484 g/mol. The fraction of sp³-hybridized carbons (Fsp3) is 0.600. The van der Waals surface area contributed by atoms with Crippen molar-refractivity contribution in [3.63, 3.8) is 0 Å². The number of carboxylic acids is 2. The average Bonchev–Trinajstić information content (AvgIpc) is 3.30. The first-order chi connectivity index (χ1) is 16.5. The highest BCUT2D eigenvalue weighted by Gasteiger charge is 2.32. The van der Waals surface area contributed by atoms with Gasteiger partial charge in [0, 0.05) is 24.7 Å². The fourth-order valence-electron chi connectivity index (χ4n) is 2.93. The van der Waals surface area contributed by atoms with E-state index in [4.69, 9.17) is 10.8 Å². The summed E-state index contributed by atoms with van der Waals surface area (Å²) < 4.78 is 0. The number of nitrogens with zero attached hydrogens (tertiary/aromatic N) is 1. The summed E-state index contributed by atoms with van der Waals surface area (Å²) >= 11 is 1.41. The van der Waals surface area contributed by atoms with Gasteiger partial charge in [-0.15, -0.1) is 0 Å². The molecule has 14 nitrogen and oxygen atoms in total. The normalized spacial score (nSPS) is 15.2. The first kappa shape index (κ1) is 29.9. The van der Waals surface area contributed by atoms with Crippen LogP contribution in [0.5, 0.6) is 0 Å². The van der Waals surface area contributed by atoms with Crippen LogP contribution < -0.4 is 21.7 Å². The summed E-state index contributed by atoms with van der Waals surface area (Å²) in [4.78, 5) is 67.0. The van der Waals surface area contributed by atoms with Crippen molar-refractivity contribution in [2.45, 2.75) is 62.9 Å². The van der Waals surface area contributed by atoms with Crippen molar-refractivity contribution in [2.24, 2.45) is 5.73 Å². The second-order valence-electron chi connectivity index (χ2n) is 7.79. The summed E-state index contributed by atoms with van der Waals surface area (Å²) in [5.74, 6) is -4.41. The van der Waals surface area contributed by atoms with Crippen LogP contribution in [0.1, 0.15) is 31.9 Å². The molecule has 0 aliphatic rings. The first-order valence-electron chi connectivity index (χ1n) is 10.7. The first-order valence-corrected chi connectivity index (χ1v) is 12.1. The Hall–Kier alpha value is -3.17. The number of nitrogens with two attached hydrogens (primary N) is 1. The number of hydrogen-bond acceptors (Lipinski definition) is 9. The number of aliphatic hydroxyl groups excluding tert-OH is 1. The Morgan fingerprint density at radius 2 is 1.69 bits per heavy atom. The Bertz CT molecular complexity index is 866.